The number of rotatable bonds is 4. The van der Waals surface area contributed by atoms with Crippen LogP contribution in [-0.4, -0.2) is 45.5 Å². The van der Waals surface area contributed by atoms with Crippen molar-refractivity contribution in [2.24, 2.45) is 11.8 Å². The second-order valence-electron chi connectivity index (χ2n) is 7.13. The van der Waals surface area contributed by atoms with E-state index < -0.39 is 5.60 Å². The zero-order valence-electron chi connectivity index (χ0n) is 13.5. The molecule has 1 aliphatic heterocycles. The molecule has 2 atom stereocenters. The van der Waals surface area contributed by atoms with Crippen LogP contribution in [0.4, 0.5) is 4.79 Å². The highest BCUT2D eigenvalue weighted by Gasteiger charge is 2.56. The fraction of sp³-hybridized carbons (Fsp3) is 0.625. The monoisotopic (exact) mass is 304 g/mol. The normalized spacial score (nSPS) is 26.7. The van der Waals surface area contributed by atoms with Gasteiger partial charge in [0.05, 0.1) is 6.20 Å². The van der Waals surface area contributed by atoms with E-state index in [9.17, 15) is 4.79 Å². The van der Waals surface area contributed by atoms with Crippen molar-refractivity contribution in [3.8, 4) is 0 Å². The molecule has 22 heavy (non-hydrogen) atoms. The first kappa shape index (κ1) is 15.1. The van der Waals surface area contributed by atoms with Gasteiger partial charge in [-0.2, -0.15) is 5.10 Å². The van der Waals surface area contributed by atoms with Gasteiger partial charge in [-0.15, -0.1) is 0 Å². The van der Waals surface area contributed by atoms with Crippen LogP contribution in [0.3, 0.4) is 0 Å². The molecular formula is C16H24N4O2. The first-order valence-corrected chi connectivity index (χ1v) is 7.74. The van der Waals surface area contributed by atoms with E-state index in [0.717, 1.165) is 25.2 Å². The van der Waals surface area contributed by atoms with Crippen molar-refractivity contribution in [3.05, 3.63) is 24.5 Å². The summed E-state index contributed by atoms with van der Waals surface area (Å²) in [7, 11) is 0. The van der Waals surface area contributed by atoms with Gasteiger partial charge in [-0.25, -0.2) is 9.48 Å². The number of hydrogen-bond donors (Lipinski definition) is 1. The summed E-state index contributed by atoms with van der Waals surface area (Å²) in [5.41, 5.74) is 0.723. The molecule has 2 aliphatic rings. The van der Waals surface area contributed by atoms with Crippen LogP contribution in [0.15, 0.2) is 19.0 Å². The van der Waals surface area contributed by atoms with Crippen LogP contribution in [0, 0.1) is 11.8 Å². The third-order valence-electron chi connectivity index (χ3n) is 4.23. The summed E-state index contributed by atoms with van der Waals surface area (Å²) in [5.74, 6) is 1.11. The summed E-state index contributed by atoms with van der Waals surface area (Å²) in [5, 5.41) is 7.72. The number of piperidine rings is 1. The number of ether oxygens (including phenoxy) is 1. The average molecular weight is 304 g/mol. The van der Waals surface area contributed by atoms with Crippen molar-refractivity contribution < 1.29 is 9.53 Å². The number of carbonyl (C=O) groups is 1. The zero-order chi connectivity index (χ0) is 15.9. The minimum atomic E-state index is -0.424. The van der Waals surface area contributed by atoms with E-state index in [-0.39, 0.29) is 6.09 Å². The molecule has 2 fully saturated rings. The van der Waals surface area contributed by atoms with Crippen molar-refractivity contribution in [2.75, 3.05) is 13.1 Å². The maximum Gasteiger partial charge on any atom is 0.410 e. The Labute approximate surface area is 131 Å². The fourth-order valence-electron chi connectivity index (χ4n) is 3.11. The molecular weight excluding hydrogens is 280 g/mol. The van der Waals surface area contributed by atoms with Gasteiger partial charge in [-0.05, 0) is 32.6 Å². The van der Waals surface area contributed by atoms with E-state index in [4.69, 9.17) is 4.74 Å². The van der Waals surface area contributed by atoms with Gasteiger partial charge >= 0.3 is 6.09 Å². The molecule has 6 nitrogen and oxygen atoms in total. The van der Waals surface area contributed by atoms with Crippen LogP contribution in [-0.2, 0) is 11.3 Å². The highest BCUT2D eigenvalue weighted by atomic mass is 16.6. The predicted octanol–water partition coefficient (Wildman–Crippen LogP) is 1.94. The van der Waals surface area contributed by atoms with Gasteiger partial charge in [0.2, 0.25) is 0 Å². The zero-order valence-corrected chi connectivity index (χ0v) is 13.5. The molecule has 0 aromatic carbocycles. The van der Waals surface area contributed by atoms with Crippen LogP contribution in [0.25, 0.3) is 6.20 Å². The van der Waals surface area contributed by atoms with Gasteiger partial charge in [-0.3, -0.25) is 0 Å². The number of likely N-dealkylation sites (tertiary alicyclic amines) is 1. The topological polar surface area (TPSA) is 59.4 Å². The van der Waals surface area contributed by atoms with Crippen LogP contribution in [0.1, 0.15) is 26.3 Å². The third kappa shape index (κ3) is 3.16. The maximum absolute atomic E-state index is 12.0. The molecule has 6 heteroatoms. The summed E-state index contributed by atoms with van der Waals surface area (Å²) in [6.45, 7) is 11.8. The molecule has 1 aliphatic carbocycles. The fourth-order valence-corrected chi connectivity index (χ4v) is 3.11. The maximum atomic E-state index is 12.0. The Morgan fingerprint density at radius 1 is 1.50 bits per heavy atom. The summed E-state index contributed by atoms with van der Waals surface area (Å²) >= 11 is 0. The molecule has 0 radical (unpaired) electrons. The lowest BCUT2D eigenvalue weighted by atomic mass is 10.2. The highest BCUT2D eigenvalue weighted by molar-refractivity contribution is 5.69. The standard InChI is InChI=1S/C16H24N4O2/c1-5-20-8-11(7-18-20)6-17-14-12-9-19(10-13(12)14)15(21)22-16(2,3)4/h5,7-8,12-14,17H,1,6,9-10H2,2-4H3. The van der Waals surface area contributed by atoms with Crippen molar-refractivity contribution in [3.63, 3.8) is 0 Å². The first-order chi connectivity index (χ1) is 10.4. The third-order valence-corrected chi connectivity index (χ3v) is 4.23. The number of hydrogen-bond acceptors (Lipinski definition) is 4. The first-order valence-electron chi connectivity index (χ1n) is 7.74. The number of nitrogens with zero attached hydrogens (tertiary/aromatic N) is 3. The minimum Gasteiger partial charge on any atom is -0.444 e. The number of carbonyl (C=O) groups excluding carboxylic acids is 1. The Morgan fingerprint density at radius 3 is 2.73 bits per heavy atom. The number of amides is 1. The molecule has 0 spiro atoms. The lowest BCUT2D eigenvalue weighted by Crippen LogP contribution is -2.39. The van der Waals surface area contributed by atoms with Gasteiger partial charge in [0.25, 0.3) is 0 Å². The molecule has 3 rings (SSSR count). The van der Waals surface area contributed by atoms with Crippen LogP contribution < -0.4 is 5.32 Å². The van der Waals surface area contributed by atoms with Crippen molar-refractivity contribution in [2.45, 2.75) is 39.0 Å². The summed E-state index contributed by atoms with van der Waals surface area (Å²) < 4.78 is 7.12. The van der Waals surface area contributed by atoms with Gasteiger partial charge in [-0.1, -0.05) is 6.58 Å². The van der Waals surface area contributed by atoms with Crippen molar-refractivity contribution in [1.29, 1.82) is 0 Å². The lowest BCUT2D eigenvalue weighted by molar-refractivity contribution is 0.0269. The molecule has 1 saturated heterocycles. The Bertz CT molecular complexity index is 563. The average Bonchev–Trinajstić information content (AvgIpc) is 2.86. The second kappa shape index (κ2) is 5.43. The Hall–Kier alpha value is -1.82. The molecule has 120 valence electrons. The molecule has 2 unspecified atom stereocenters. The largest absolute Gasteiger partial charge is 0.444 e. The number of aromatic nitrogens is 2. The molecule has 0 bridgehead atoms. The quantitative estimate of drug-likeness (QED) is 0.923. The van der Waals surface area contributed by atoms with E-state index in [1.165, 1.54) is 0 Å². The van der Waals surface area contributed by atoms with Gasteiger partial charge in [0, 0.05) is 43.6 Å². The summed E-state index contributed by atoms with van der Waals surface area (Å²) in [6, 6.07) is 0.505. The molecule has 1 aromatic heterocycles. The van der Waals surface area contributed by atoms with Gasteiger partial charge in [0.15, 0.2) is 0 Å². The predicted molar refractivity (Wildman–Crippen MR) is 84.0 cm³/mol. The van der Waals surface area contributed by atoms with E-state index in [1.807, 2.05) is 38.1 Å². The van der Waals surface area contributed by atoms with Crippen molar-refractivity contribution >= 4 is 12.3 Å². The number of nitrogens with one attached hydrogen (secondary N) is 1. The van der Waals surface area contributed by atoms with E-state index in [1.54, 1.807) is 10.9 Å². The van der Waals surface area contributed by atoms with Crippen LogP contribution in [0.5, 0.6) is 0 Å². The Morgan fingerprint density at radius 2 is 2.18 bits per heavy atom. The van der Waals surface area contributed by atoms with E-state index >= 15 is 0 Å². The summed E-state index contributed by atoms with van der Waals surface area (Å²) in [4.78, 5) is 13.8. The molecule has 1 N–H and O–H groups in total. The molecule has 2 heterocycles. The van der Waals surface area contributed by atoms with Crippen LogP contribution >= 0.6 is 0 Å². The van der Waals surface area contributed by atoms with E-state index in [0.29, 0.717) is 17.9 Å². The highest BCUT2D eigenvalue weighted by Crippen LogP contribution is 2.45. The van der Waals surface area contributed by atoms with E-state index in [2.05, 4.69) is 17.0 Å². The lowest BCUT2D eigenvalue weighted by Gasteiger charge is -2.26. The molecule has 1 aromatic rings. The number of fused-ring (bicyclic) bond motifs is 1. The minimum absolute atomic E-state index is 0.189. The Balaban J connectivity index is 1.43. The molecule has 1 amide bonds. The van der Waals surface area contributed by atoms with Gasteiger partial charge < -0.3 is 15.0 Å². The second-order valence-corrected chi connectivity index (χ2v) is 7.13. The Kier molecular flexibility index (Phi) is 3.72. The van der Waals surface area contributed by atoms with Crippen molar-refractivity contribution in [1.82, 2.24) is 20.0 Å². The van der Waals surface area contributed by atoms with Crippen LogP contribution in [0.2, 0.25) is 0 Å². The SMILES string of the molecule is C=Cn1cc(CNC2C3CN(C(=O)OC(C)(C)C)CC32)cn1. The molecule has 1 saturated carbocycles. The smallest absolute Gasteiger partial charge is 0.410 e. The summed E-state index contributed by atoms with van der Waals surface area (Å²) in [6.07, 6.45) is 5.30. The van der Waals surface area contributed by atoms with Gasteiger partial charge in [0.1, 0.15) is 5.60 Å².